The topological polar surface area (TPSA) is 50.4 Å². The van der Waals surface area contributed by atoms with Crippen LogP contribution in [0.2, 0.25) is 0 Å². The van der Waals surface area contributed by atoms with Gasteiger partial charge in [0.2, 0.25) is 5.76 Å². The van der Waals surface area contributed by atoms with Crippen LogP contribution in [0.15, 0.2) is 39.5 Å². The maximum Gasteiger partial charge on any atom is 0.450 e. The summed E-state index contributed by atoms with van der Waals surface area (Å²) in [4.78, 5) is 12.2. The third kappa shape index (κ3) is 2.85. The van der Waals surface area contributed by atoms with E-state index < -0.39 is 34.8 Å². The molecule has 6 heteroatoms. The monoisotopic (exact) mass is 324 g/mol. The second-order valence-corrected chi connectivity index (χ2v) is 5.83. The van der Waals surface area contributed by atoms with E-state index in [1.807, 2.05) is 6.07 Å². The standard InChI is InChI=1S/C17H15F3O3/c1-9-14(21)13(16(22)23-15(9)17(18,19)20)12(11-7-8-11)10-5-3-2-4-6-10/h2-6,11-12,21H,7-8H2,1H3. The average molecular weight is 324 g/mol. The summed E-state index contributed by atoms with van der Waals surface area (Å²) >= 11 is 0. The van der Waals surface area contributed by atoms with Crippen molar-refractivity contribution in [2.75, 3.05) is 0 Å². The van der Waals surface area contributed by atoms with Crippen molar-refractivity contribution in [1.82, 2.24) is 0 Å². The van der Waals surface area contributed by atoms with Crippen LogP contribution in [0.3, 0.4) is 0 Å². The lowest BCUT2D eigenvalue weighted by atomic mass is 9.86. The van der Waals surface area contributed by atoms with Gasteiger partial charge in [0, 0.05) is 11.5 Å². The Balaban J connectivity index is 2.19. The molecule has 1 aromatic carbocycles. The van der Waals surface area contributed by atoms with Gasteiger partial charge >= 0.3 is 11.8 Å². The first kappa shape index (κ1) is 15.6. The Labute approximate surface area is 130 Å². The maximum atomic E-state index is 12.9. The molecular formula is C17H15F3O3. The molecule has 0 aliphatic heterocycles. The van der Waals surface area contributed by atoms with Crippen LogP contribution in [-0.4, -0.2) is 5.11 Å². The predicted octanol–water partition coefficient (Wildman–Crippen LogP) is 4.21. The molecule has 3 nitrogen and oxygen atoms in total. The number of hydrogen-bond donors (Lipinski definition) is 1. The molecule has 1 N–H and O–H groups in total. The number of alkyl halides is 3. The summed E-state index contributed by atoms with van der Waals surface area (Å²) in [7, 11) is 0. The highest BCUT2D eigenvalue weighted by molar-refractivity contribution is 5.46. The van der Waals surface area contributed by atoms with E-state index in [9.17, 15) is 23.1 Å². The quantitative estimate of drug-likeness (QED) is 0.920. The largest absolute Gasteiger partial charge is 0.507 e. The van der Waals surface area contributed by atoms with E-state index in [0.29, 0.717) is 0 Å². The zero-order valence-electron chi connectivity index (χ0n) is 12.4. The molecule has 1 aliphatic rings. The van der Waals surface area contributed by atoms with Crippen molar-refractivity contribution < 1.29 is 22.7 Å². The molecule has 0 bridgehead atoms. The van der Waals surface area contributed by atoms with Crippen molar-refractivity contribution in [3.05, 3.63) is 63.2 Å². The fourth-order valence-corrected chi connectivity index (χ4v) is 2.94. The number of hydrogen-bond acceptors (Lipinski definition) is 3. The zero-order chi connectivity index (χ0) is 16.8. The van der Waals surface area contributed by atoms with E-state index in [2.05, 4.69) is 4.42 Å². The van der Waals surface area contributed by atoms with E-state index >= 15 is 0 Å². The molecule has 1 fully saturated rings. The van der Waals surface area contributed by atoms with Crippen LogP contribution in [0, 0.1) is 12.8 Å². The van der Waals surface area contributed by atoms with Crippen molar-refractivity contribution in [2.45, 2.75) is 31.9 Å². The van der Waals surface area contributed by atoms with Gasteiger partial charge in [0.05, 0.1) is 5.56 Å². The first-order valence-corrected chi connectivity index (χ1v) is 7.29. The van der Waals surface area contributed by atoms with Crippen molar-refractivity contribution in [3.8, 4) is 5.75 Å². The first-order valence-electron chi connectivity index (χ1n) is 7.29. The van der Waals surface area contributed by atoms with Crippen LogP contribution in [0.25, 0.3) is 0 Å². The van der Waals surface area contributed by atoms with E-state index in [1.165, 1.54) is 0 Å². The van der Waals surface area contributed by atoms with Crippen LogP contribution in [0.1, 0.15) is 41.2 Å². The molecule has 1 unspecified atom stereocenters. The van der Waals surface area contributed by atoms with Gasteiger partial charge in [0.1, 0.15) is 5.75 Å². The first-order chi connectivity index (χ1) is 10.8. The summed E-state index contributed by atoms with van der Waals surface area (Å²) in [6.07, 6.45) is -3.10. The Kier molecular flexibility index (Phi) is 3.70. The zero-order valence-corrected chi connectivity index (χ0v) is 12.4. The molecule has 0 amide bonds. The lowest BCUT2D eigenvalue weighted by molar-refractivity contribution is -0.155. The highest BCUT2D eigenvalue weighted by atomic mass is 19.4. The summed E-state index contributed by atoms with van der Waals surface area (Å²) in [5.74, 6) is -2.38. The van der Waals surface area contributed by atoms with Gasteiger partial charge in [-0.2, -0.15) is 13.2 Å². The van der Waals surface area contributed by atoms with Gasteiger partial charge in [-0.15, -0.1) is 0 Å². The summed E-state index contributed by atoms with van der Waals surface area (Å²) < 4.78 is 43.2. The normalized spacial score (nSPS) is 16.3. The van der Waals surface area contributed by atoms with Crippen molar-refractivity contribution in [1.29, 1.82) is 0 Å². The fourth-order valence-electron chi connectivity index (χ4n) is 2.94. The van der Waals surface area contributed by atoms with Crippen molar-refractivity contribution >= 4 is 0 Å². The Hall–Kier alpha value is -2.24. The second kappa shape index (κ2) is 5.44. The van der Waals surface area contributed by atoms with Gasteiger partial charge in [-0.05, 0) is 31.2 Å². The second-order valence-electron chi connectivity index (χ2n) is 5.83. The maximum absolute atomic E-state index is 12.9. The summed E-state index contributed by atoms with van der Waals surface area (Å²) in [5.41, 5.74) is -0.865. The van der Waals surface area contributed by atoms with Crippen molar-refractivity contribution in [3.63, 3.8) is 0 Å². The molecule has 3 rings (SSSR count). The molecule has 1 atom stereocenters. The van der Waals surface area contributed by atoms with Crippen LogP contribution < -0.4 is 5.63 Å². The number of aromatic hydroxyl groups is 1. The summed E-state index contributed by atoms with van der Waals surface area (Å²) in [6, 6.07) is 9.00. The van der Waals surface area contributed by atoms with E-state index in [1.54, 1.807) is 24.3 Å². The summed E-state index contributed by atoms with van der Waals surface area (Å²) in [5, 5.41) is 10.3. The lowest BCUT2D eigenvalue weighted by Crippen LogP contribution is -2.20. The fraction of sp³-hybridized carbons (Fsp3) is 0.353. The van der Waals surface area contributed by atoms with E-state index in [0.717, 1.165) is 25.3 Å². The van der Waals surface area contributed by atoms with E-state index in [4.69, 9.17) is 0 Å². The molecule has 122 valence electrons. The van der Waals surface area contributed by atoms with Crippen LogP contribution >= 0.6 is 0 Å². The average Bonchev–Trinajstić information content (AvgIpc) is 3.31. The molecule has 0 saturated heterocycles. The van der Waals surface area contributed by atoms with Gasteiger partial charge in [-0.25, -0.2) is 4.79 Å². The molecular weight excluding hydrogens is 309 g/mol. The van der Waals surface area contributed by atoms with Gasteiger partial charge < -0.3 is 9.52 Å². The van der Waals surface area contributed by atoms with Gasteiger partial charge in [0.15, 0.2) is 0 Å². The Bertz CT molecular complexity index is 774. The molecule has 0 radical (unpaired) electrons. The van der Waals surface area contributed by atoms with Gasteiger partial charge in [-0.1, -0.05) is 30.3 Å². The molecule has 1 saturated carbocycles. The van der Waals surface area contributed by atoms with Crippen LogP contribution in [-0.2, 0) is 6.18 Å². The Morgan fingerprint density at radius 3 is 2.35 bits per heavy atom. The molecule has 1 aromatic heterocycles. The minimum absolute atomic E-state index is 0.0794. The third-order valence-corrected chi connectivity index (χ3v) is 4.19. The number of benzene rings is 1. The Morgan fingerprint density at radius 2 is 1.83 bits per heavy atom. The van der Waals surface area contributed by atoms with E-state index in [-0.39, 0.29) is 11.5 Å². The molecule has 23 heavy (non-hydrogen) atoms. The number of halogens is 3. The Morgan fingerprint density at radius 1 is 1.22 bits per heavy atom. The smallest absolute Gasteiger partial charge is 0.450 e. The van der Waals surface area contributed by atoms with Crippen LogP contribution in [0.4, 0.5) is 13.2 Å². The minimum atomic E-state index is -4.82. The molecule has 0 spiro atoms. The highest BCUT2D eigenvalue weighted by Gasteiger charge is 2.42. The van der Waals surface area contributed by atoms with Crippen molar-refractivity contribution in [2.24, 2.45) is 5.92 Å². The highest BCUT2D eigenvalue weighted by Crippen LogP contribution is 2.48. The van der Waals surface area contributed by atoms with Crippen LogP contribution in [0.5, 0.6) is 5.75 Å². The third-order valence-electron chi connectivity index (χ3n) is 4.19. The predicted molar refractivity (Wildman–Crippen MR) is 77.4 cm³/mol. The van der Waals surface area contributed by atoms with Gasteiger partial charge in [0.25, 0.3) is 0 Å². The molecule has 1 aliphatic carbocycles. The lowest BCUT2D eigenvalue weighted by Gasteiger charge is -2.19. The number of rotatable bonds is 3. The minimum Gasteiger partial charge on any atom is -0.507 e. The molecule has 1 heterocycles. The van der Waals surface area contributed by atoms with Gasteiger partial charge in [-0.3, -0.25) is 0 Å². The SMILES string of the molecule is Cc1c(C(F)(F)F)oc(=O)c(C(c2ccccc2)C2CC2)c1O. The molecule has 2 aromatic rings. The summed E-state index contributed by atoms with van der Waals surface area (Å²) in [6.45, 7) is 1.11.